The number of ether oxygens (including phenoxy) is 3. The molecule has 0 unspecified atom stereocenters. The average Bonchev–Trinajstić information content (AvgIpc) is 2.94. The van der Waals surface area contributed by atoms with Crippen LogP contribution in [-0.4, -0.2) is 17.7 Å². The summed E-state index contributed by atoms with van der Waals surface area (Å²) in [7, 11) is 0. The zero-order valence-electron chi connectivity index (χ0n) is 21.0. The van der Waals surface area contributed by atoms with Crippen LogP contribution >= 0.6 is 0 Å². The molecule has 0 saturated heterocycles. The number of hydrogen-bond donors (Lipinski definition) is 3. The molecule has 0 aliphatic heterocycles. The van der Waals surface area contributed by atoms with Crippen LogP contribution in [0.1, 0.15) is 47.8 Å². The Morgan fingerprint density at radius 3 is 0.974 bits per heavy atom. The van der Waals surface area contributed by atoms with Crippen molar-refractivity contribution in [1.82, 2.24) is 0 Å². The predicted octanol–water partition coefficient (Wildman–Crippen LogP) is 3.72. The summed E-state index contributed by atoms with van der Waals surface area (Å²) in [5, 5.41) is 0. The van der Waals surface area contributed by atoms with E-state index in [0.29, 0.717) is 17.2 Å². The molecule has 0 fully saturated rings. The third-order valence-electron chi connectivity index (χ3n) is 5.75. The van der Waals surface area contributed by atoms with Gasteiger partial charge >= 0.3 is 0 Å². The molecule has 3 amide bonds. The standard InChI is InChI=1S/C30H27N3O6/c31-28(34)22-7-1-4-10-25(22)37-16-19-13-20(17-38-26-11-5-2-8-23(26)29(32)35)15-21(14-19)18-39-27-12-6-3-9-24(27)30(33)36/h1-15H,16-18H2,(H2,31,34)(H2,32,35)(H2,33,36). The summed E-state index contributed by atoms with van der Waals surface area (Å²) in [6.07, 6.45) is 0. The fourth-order valence-electron chi connectivity index (χ4n) is 3.96. The zero-order chi connectivity index (χ0) is 27.8. The van der Waals surface area contributed by atoms with Crippen LogP contribution in [0.4, 0.5) is 0 Å². The van der Waals surface area contributed by atoms with Gasteiger partial charge in [0.15, 0.2) is 0 Å². The van der Waals surface area contributed by atoms with Gasteiger partial charge in [-0.15, -0.1) is 0 Å². The van der Waals surface area contributed by atoms with Crippen LogP contribution in [0.15, 0.2) is 91.0 Å². The molecule has 39 heavy (non-hydrogen) atoms. The van der Waals surface area contributed by atoms with Gasteiger partial charge in [0.1, 0.15) is 37.1 Å². The minimum Gasteiger partial charge on any atom is -0.488 e. The summed E-state index contributed by atoms with van der Waals surface area (Å²) in [4.78, 5) is 35.3. The van der Waals surface area contributed by atoms with Crippen molar-refractivity contribution in [1.29, 1.82) is 0 Å². The molecule has 4 rings (SSSR count). The lowest BCUT2D eigenvalue weighted by molar-refractivity contribution is 0.0987. The first-order valence-electron chi connectivity index (χ1n) is 12.0. The lowest BCUT2D eigenvalue weighted by Gasteiger charge is -2.15. The Hall–Kier alpha value is -5.31. The molecule has 9 heteroatoms. The van der Waals surface area contributed by atoms with Gasteiger partial charge in [0.05, 0.1) is 16.7 Å². The maximum atomic E-state index is 11.8. The Kier molecular flexibility index (Phi) is 8.43. The third kappa shape index (κ3) is 6.92. The fourth-order valence-corrected chi connectivity index (χ4v) is 3.96. The van der Waals surface area contributed by atoms with Gasteiger partial charge in [-0.25, -0.2) is 0 Å². The highest BCUT2D eigenvalue weighted by Gasteiger charge is 2.13. The van der Waals surface area contributed by atoms with Crippen molar-refractivity contribution in [3.8, 4) is 17.2 Å². The Balaban J connectivity index is 1.59. The van der Waals surface area contributed by atoms with E-state index in [-0.39, 0.29) is 36.5 Å². The molecule has 0 aliphatic carbocycles. The molecule has 0 heterocycles. The van der Waals surface area contributed by atoms with E-state index in [1.165, 1.54) is 0 Å². The van der Waals surface area contributed by atoms with Crippen LogP contribution in [0, 0.1) is 0 Å². The van der Waals surface area contributed by atoms with E-state index >= 15 is 0 Å². The Morgan fingerprint density at radius 2 is 0.718 bits per heavy atom. The van der Waals surface area contributed by atoms with Crippen LogP contribution in [0.25, 0.3) is 0 Å². The number of amides is 3. The first kappa shape index (κ1) is 26.7. The molecule has 4 aromatic rings. The fraction of sp³-hybridized carbons (Fsp3) is 0.100. The van der Waals surface area contributed by atoms with Crippen molar-refractivity contribution in [3.05, 3.63) is 124 Å². The highest BCUT2D eigenvalue weighted by atomic mass is 16.5. The Labute approximate surface area is 225 Å². The number of hydrogen-bond acceptors (Lipinski definition) is 6. The molecule has 0 radical (unpaired) electrons. The second-order valence-corrected chi connectivity index (χ2v) is 8.61. The number of nitrogens with two attached hydrogens (primary N) is 3. The van der Waals surface area contributed by atoms with Gasteiger partial charge in [0, 0.05) is 0 Å². The van der Waals surface area contributed by atoms with Crippen molar-refractivity contribution in [2.45, 2.75) is 19.8 Å². The van der Waals surface area contributed by atoms with Crippen LogP contribution < -0.4 is 31.4 Å². The Bertz CT molecular complexity index is 1330. The molecule has 0 aromatic heterocycles. The van der Waals surface area contributed by atoms with Crippen LogP contribution in [0.2, 0.25) is 0 Å². The predicted molar refractivity (Wildman–Crippen MR) is 144 cm³/mol. The highest BCUT2D eigenvalue weighted by Crippen LogP contribution is 2.24. The first-order chi connectivity index (χ1) is 18.8. The number of benzene rings is 4. The van der Waals surface area contributed by atoms with E-state index < -0.39 is 17.7 Å². The Morgan fingerprint density at radius 1 is 0.462 bits per heavy atom. The number of rotatable bonds is 12. The number of carbonyl (C=O) groups is 3. The molecule has 0 bridgehead atoms. The molecule has 0 atom stereocenters. The van der Waals surface area contributed by atoms with Gasteiger partial charge in [-0.3, -0.25) is 14.4 Å². The SMILES string of the molecule is NC(=O)c1ccccc1OCc1cc(COc2ccccc2C(N)=O)cc(COc2ccccc2C(N)=O)c1. The van der Waals surface area contributed by atoms with Crippen molar-refractivity contribution in [2.75, 3.05) is 0 Å². The second kappa shape index (κ2) is 12.3. The molecule has 0 saturated carbocycles. The third-order valence-corrected chi connectivity index (χ3v) is 5.75. The minimum atomic E-state index is -0.594. The van der Waals surface area contributed by atoms with Gasteiger partial charge in [0.2, 0.25) is 0 Å². The van der Waals surface area contributed by atoms with E-state index in [4.69, 9.17) is 31.4 Å². The van der Waals surface area contributed by atoms with Crippen LogP contribution in [-0.2, 0) is 19.8 Å². The van der Waals surface area contributed by atoms with Crippen molar-refractivity contribution in [3.63, 3.8) is 0 Å². The quantitative estimate of drug-likeness (QED) is 0.256. The van der Waals surface area contributed by atoms with Crippen LogP contribution in [0.3, 0.4) is 0 Å². The summed E-state index contributed by atoms with van der Waals surface area (Å²) in [5.41, 5.74) is 19.5. The molecule has 4 aromatic carbocycles. The van der Waals surface area contributed by atoms with Gasteiger partial charge < -0.3 is 31.4 Å². The molecule has 0 aliphatic rings. The highest BCUT2D eigenvalue weighted by molar-refractivity contribution is 5.96. The monoisotopic (exact) mass is 525 g/mol. The summed E-state index contributed by atoms with van der Waals surface area (Å²) in [6.45, 7) is 0.378. The lowest BCUT2D eigenvalue weighted by Crippen LogP contribution is -2.14. The summed E-state index contributed by atoms with van der Waals surface area (Å²) < 4.78 is 17.7. The minimum absolute atomic E-state index is 0.126. The largest absolute Gasteiger partial charge is 0.488 e. The molecular formula is C30H27N3O6. The van der Waals surface area contributed by atoms with Gasteiger partial charge in [-0.1, -0.05) is 36.4 Å². The van der Waals surface area contributed by atoms with Crippen LogP contribution in [0.5, 0.6) is 17.2 Å². The van der Waals surface area contributed by atoms with Gasteiger partial charge in [-0.05, 0) is 71.3 Å². The number of para-hydroxylation sites is 3. The summed E-state index contributed by atoms with van der Waals surface area (Å²) in [6, 6.07) is 25.7. The number of carbonyl (C=O) groups excluding carboxylic acids is 3. The topological polar surface area (TPSA) is 157 Å². The molecule has 6 N–H and O–H groups in total. The molecule has 9 nitrogen and oxygen atoms in total. The van der Waals surface area contributed by atoms with E-state index in [9.17, 15) is 14.4 Å². The average molecular weight is 526 g/mol. The van der Waals surface area contributed by atoms with Gasteiger partial charge in [0.25, 0.3) is 17.7 Å². The second-order valence-electron chi connectivity index (χ2n) is 8.61. The van der Waals surface area contributed by atoms with E-state index in [0.717, 1.165) is 16.7 Å². The van der Waals surface area contributed by atoms with Crippen molar-refractivity contribution < 1.29 is 28.6 Å². The maximum absolute atomic E-state index is 11.8. The van der Waals surface area contributed by atoms with E-state index in [2.05, 4.69) is 0 Å². The molecule has 0 spiro atoms. The summed E-state index contributed by atoms with van der Waals surface area (Å²) in [5.74, 6) is -0.713. The normalized spacial score (nSPS) is 10.5. The molecular weight excluding hydrogens is 498 g/mol. The first-order valence-corrected chi connectivity index (χ1v) is 12.0. The summed E-state index contributed by atoms with van der Waals surface area (Å²) >= 11 is 0. The van der Waals surface area contributed by atoms with Crippen molar-refractivity contribution in [2.24, 2.45) is 17.2 Å². The van der Waals surface area contributed by atoms with Gasteiger partial charge in [-0.2, -0.15) is 0 Å². The molecule has 198 valence electrons. The number of primary amides is 3. The van der Waals surface area contributed by atoms with Crippen molar-refractivity contribution >= 4 is 17.7 Å². The van der Waals surface area contributed by atoms with E-state index in [1.54, 1.807) is 72.8 Å². The smallest absolute Gasteiger partial charge is 0.252 e. The zero-order valence-corrected chi connectivity index (χ0v) is 21.0. The lowest BCUT2D eigenvalue weighted by atomic mass is 10.1. The maximum Gasteiger partial charge on any atom is 0.252 e. The van der Waals surface area contributed by atoms with E-state index in [1.807, 2.05) is 18.2 Å².